The average Bonchev–Trinajstić information content (AvgIpc) is 2.88. The molecular formula is C12H18N4O3. The number of nitrogens with one attached hydrogen (secondary N) is 2. The van der Waals surface area contributed by atoms with Crippen molar-refractivity contribution in [1.29, 1.82) is 0 Å². The van der Waals surface area contributed by atoms with Crippen LogP contribution in [0.2, 0.25) is 0 Å². The van der Waals surface area contributed by atoms with Gasteiger partial charge >= 0.3 is 12.0 Å². The highest BCUT2D eigenvalue weighted by atomic mass is 16.4. The molecule has 1 aromatic heterocycles. The Morgan fingerprint density at radius 2 is 2.42 bits per heavy atom. The van der Waals surface area contributed by atoms with E-state index in [-0.39, 0.29) is 18.0 Å². The van der Waals surface area contributed by atoms with Gasteiger partial charge in [-0.2, -0.15) is 0 Å². The summed E-state index contributed by atoms with van der Waals surface area (Å²) >= 11 is 0. The van der Waals surface area contributed by atoms with Gasteiger partial charge in [-0.25, -0.2) is 9.78 Å². The van der Waals surface area contributed by atoms with Crippen molar-refractivity contribution in [3.63, 3.8) is 0 Å². The number of rotatable bonds is 3. The number of carboxylic acids is 1. The fraction of sp³-hybridized carbons (Fsp3) is 0.583. The van der Waals surface area contributed by atoms with E-state index in [2.05, 4.69) is 15.3 Å². The van der Waals surface area contributed by atoms with Crippen LogP contribution in [0, 0.1) is 5.92 Å². The third-order valence-electron chi connectivity index (χ3n) is 3.45. The maximum atomic E-state index is 12.0. The summed E-state index contributed by atoms with van der Waals surface area (Å²) in [6.45, 7) is 2.70. The molecule has 0 bridgehead atoms. The molecule has 1 saturated heterocycles. The lowest BCUT2D eigenvalue weighted by Gasteiger charge is -2.36. The molecule has 1 aliphatic rings. The molecule has 2 amide bonds. The van der Waals surface area contributed by atoms with Crippen LogP contribution < -0.4 is 5.32 Å². The molecule has 7 heteroatoms. The molecule has 1 fully saturated rings. The Bertz CT molecular complexity index is 446. The summed E-state index contributed by atoms with van der Waals surface area (Å²) in [5.41, 5.74) is 0. The Morgan fingerprint density at radius 3 is 3.00 bits per heavy atom. The number of aromatic nitrogens is 2. The van der Waals surface area contributed by atoms with Gasteiger partial charge in [-0.1, -0.05) is 0 Å². The predicted octanol–water partition coefficient (Wildman–Crippen LogP) is 0.804. The van der Waals surface area contributed by atoms with Gasteiger partial charge in [-0.15, -0.1) is 0 Å². The molecule has 2 heterocycles. The van der Waals surface area contributed by atoms with E-state index in [0.717, 1.165) is 0 Å². The third kappa shape index (κ3) is 3.24. The quantitative estimate of drug-likeness (QED) is 0.753. The number of H-pyrrole nitrogens is 1. The van der Waals surface area contributed by atoms with Gasteiger partial charge in [0.1, 0.15) is 5.82 Å². The van der Waals surface area contributed by atoms with E-state index in [1.165, 1.54) is 0 Å². The van der Waals surface area contributed by atoms with E-state index in [9.17, 15) is 9.59 Å². The van der Waals surface area contributed by atoms with E-state index < -0.39 is 5.97 Å². The van der Waals surface area contributed by atoms with Crippen LogP contribution in [0.4, 0.5) is 4.79 Å². The van der Waals surface area contributed by atoms with E-state index in [1.807, 2.05) is 6.92 Å². The van der Waals surface area contributed by atoms with Crippen LogP contribution in [0.15, 0.2) is 12.4 Å². The number of amides is 2. The highest BCUT2D eigenvalue weighted by molar-refractivity contribution is 5.75. The predicted molar refractivity (Wildman–Crippen MR) is 67.4 cm³/mol. The molecule has 0 aromatic carbocycles. The number of aromatic amines is 1. The molecule has 0 spiro atoms. The minimum Gasteiger partial charge on any atom is -0.481 e. The first kappa shape index (κ1) is 13.4. The lowest BCUT2D eigenvalue weighted by Crippen LogP contribution is -2.50. The number of nitrogens with zero attached hydrogens (tertiary/aromatic N) is 2. The van der Waals surface area contributed by atoms with Crippen LogP contribution >= 0.6 is 0 Å². The number of aliphatic carboxylic acids is 1. The van der Waals surface area contributed by atoms with Crippen LogP contribution in [-0.4, -0.2) is 44.6 Å². The van der Waals surface area contributed by atoms with Crippen molar-refractivity contribution in [2.75, 3.05) is 6.54 Å². The summed E-state index contributed by atoms with van der Waals surface area (Å²) in [7, 11) is 0. The fourth-order valence-corrected chi connectivity index (χ4v) is 2.35. The van der Waals surface area contributed by atoms with Crippen LogP contribution in [0.5, 0.6) is 0 Å². The zero-order valence-electron chi connectivity index (χ0n) is 10.8. The molecule has 0 radical (unpaired) electrons. The second kappa shape index (κ2) is 5.73. The molecule has 104 valence electrons. The zero-order chi connectivity index (χ0) is 13.8. The van der Waals surface area contributed by atoms with Gasteiger partial charge < -0.3 is 20.3 Å². The smallest absolute Gasteiger partial charge is 0.318 e. The van der Waals surface area contributed by atoms with Gasteiger partial charge in [0, 0.05) is 25.0 Å². The van der Waals surface area contributed by atoms with Gasteiger partial charge in [0.15, 0.2) is 0 Å². The zero-order valence-corrected chi connectivity index (χ0v) is 10.8. The first-order chi connectivity index (χ1) is 9.08. The Kier molecular flexibility index (Phi) is 4.03. The van der Waals surface area contributed by atoms with Gasteiger partial charge in [-0.05, 0) is 19.8 Å². The molecule has 19 heavy (non-hydrogen) atoms. The molecule has 0 saturated carbocycles. The van der Waals surface area contributed by atoms with Crippen molar-refractivity contribution in [2.24, 2.45) is 5.92 Å². The SMILES string of the molecule is CC1CC(C(=O)O)CCN1C(=O)NCc1ncc[nH]1. The fourth-order valence-electron chi connectivity index (χ4n) is 2.35. The van der Waals surface area contributed by atoms with E-state index >= 15 is 0 Å². The normalized spacial score (nSPS) is 23.1. The highest BCUT2D eigenvalue weighted by Gasteiger charge is 2.32. The lowest BCUT2D eigenvalue weighted by molar-refractivity contribution is -0.143. The topological polar surface area (TPSA) is 98.3 Å². The number of carbonyl (C=O) groups is 2. The summed E-state index contributed by atoms with van der Waals surface area (Å²) < 4.78 is 0. The number of urea groups is 1. The first-order valence-corrected chi connectivity index (χ1v) is 6.33. The number of carbonyl (C=O) groups excluding carboxylic acids is 1. The third-order valence-corrected chi connectivity index (χ3v) is 3.45. The van der Waals surface area contributed by atoms with Crippen molar-refractivity contribution >= 4 is 12.0 Å². The molecular weight excluding hydrogens is 248 g/mol. The number of piperidine rings is 1. The minimum atomic E-state index is -0.775. The number of likely N-dealkylation sites (tertiary alicyclic amines) is 1. The summed E-state index contributed by atoms with van der Waals surface area (Å²) in [6, 6.07) is -0.237. The van der Waals surface area contributed by atoms with Crippen molar-refractivity contribution < 1.29 is 14.7 Å². The number of imidazole rings is 1. The standard InChI is InChI=1S/C12H18N4O3/c1-8-6-9(11(17)18)2-5-16(8)12(19)15-7-10-13-3-4-14-10/h3-4,8-9H,2,5-7H2,1H3,(H,13,14)(H,15,19)(H,17,18). The number of hydrogen-bond donors (Lipinski definition) is 3. The molecule has 2 atom stereocenters. The molecule has 2 unspecified atom stereocenters. The van der Waals surface area contributed by atoms with Crippen molar-refractivity contribution in [2.45, 2.75) is 32.4 Å². The monoisotopic (exact) mass is 266 g/mol. The van der Waals surface area contributed by atoms with Gasteiger partial charge in [0.25, 0.3) is 0 Å². The average molecular weight is 266 g/mol. The van der Waals surface area contributed by atoms with Crippen LogP contribution in [-0.2, 0) is 11.3 Å². The summed E-state index contributed by atoms with van der Waals surface area (Å²) in [5, 5.41) is 11.8. The largest absolute Gasteiger partial charge is 0.481 e. The van der Waals surface area contributed by atoms with E-state index in [1.54, 1.807) is 17.3 Å². The first-order valence-electron chi connectivity index (χ1n) is 6.33. The molecule has 1 aromatic rings. The number of carboxylic acid groups (broad SMARTS) is 1. The molecule has 7 nitrogen and oxygen atoms in total. The van der Waals surface area contributed by atoms with Crippen LogP contribution in [0.25, 0.3) is 0 Å². The minimum absolute atomic E-state index is 0.0635. The second-order valence-electron chi connectivity index (χ2n) is 4.80. The summed E-state index contributed by atoms with van der Waals surface area (Å²) in [5.74, 6) is -0.423. The molecule has 1 aliphatic heterocycles. The van der Waals surface area contributed by atoms with Gasteiger partial charge in [-0.3, -0.25) is 4.79 Å². The molecule has 0 aliphatic carbocycles. The van der Waals surface area contributed by atoms with E-state index in [0.29, 0.717) is 31.8 Å². The maximum absolute atomic E-state index is 12.0. The summed E-state index contributed by atoms with van der Waals surface area (Å²) in [6.07, 6.45) is 4.34. The highest BCUT2D eigenvalue weighted by Crippen LogP contribution is 2.22. The number of hydrogen-bond acceptors (Lipinski definition) is 3. The molecule has 3 N–H and O–H groups in total. The van der Waals surface area contributed by atoms with E-state index in [4.69, 9.17) is 5.11 Å². The second-order valence-corrected chi connectivity index (χ2v) is 4.80. The Balaban J connectivity index is 1.84. The van der Waals surface area contributed by atoms with Gasteiger partial charge in [0.05, 0.1) is 12.5 Å². The van der Waals surface area contributed by atoms with Crippen LogP contribution in [0.3, 0.4) is 0 Å². The van der Waals surface area contributed by atoms with Crippen molar-refractivity contribution in [3.05, 3.63) is 18.2 Å². The van der Waals surface area contributed by atoms with Crippen LogP contribution in [0.1, 0.15) is 25.6 Å². The maximum Gasteiger partial charge on any atom is 0.318 e. The van der Waals surface area contributed by atoms with Crippen molar-refractivity contribution in [3.8, 4) is 0 Å². The molecule has 2 rings (SSSR count). The Labute approximate surface area is 111 Å². The Hall–Kier alpha value is -2.05. The van der Waals surface area contributed by atoms with Gasteiger partial charge in [0.2, 0.25) is 0 Å². The lowest BCUT2D eigenvalue weighted by atomic mass is 9.92. The van der Waals surface area contributed by atoms with Crippen molar-refractivity contribution in [1.82, 2.24) is 20.2 Å². The summed E-state index contributed by atoms with van der Waals surface area (Å²) in [4.78, 5) is 31.5. The Morgan fingerprint density at radius 1 is 1.63 bits per heavy atom.